The Morgan fingerprint density at radius 3 is 2.68 bits per heavy atom. The minimum atomic E-state index is -0.570. The predicted octanol–water partition coefficient (Wildman–Crippen LogP) is 1.03. The summed E-state index contributed by atoms with van der Waals surface area (Å²) in [6.45, 7) is 2.68. The molecule has 1 aromatic heterocycles. The SMILES string of the molecule is O=C(CN1CCC(n2cncn2)CC1)NC(=O)Nc1ccc2c(c1)OCCO2. The third-order valence-corrected chi connectivity index (χ3v) is 4.79. The van der Waals surface area contributed by atoms with Gasteiger partial charge in [-0.1, -0.05) is 0 Å². The van der Waals surface area contributed by atoms with Crippen LogP contribution in [-0.2, 0) is 4.79 Å². The Morgan fingerprint density at radius 1 is 1.14 bits per heavy atom. The summed E-state index contributed by atoms with van der Waals surface area (Å²) in [5, 5.41) is 9.18. The minimum absolute atomic E-state index is 0.179. The smallest absolute Gasteiger partial charge is 0.325 e. The van der Waals surface area contributed by atoms with Gasteiger partial charge in [0, 0.05) is 24.8 Å². The number of fused-ring (bicyclic) bond motifs is 1. The number of aromatic nitrogens is 3. The number of likely N-dealkylation sites (tertiary alicyclic amines) is 1. The van der Waals surface area contributed by atoms with Crippen molar-refractivity contribution in [3.63, 3.8) is 0 Å². The first-order valence-electron chi connectivity index (χ1n) is 9.24. The fourth-order valence-corrected chi connectivity index (χ4v) is 3.40. The second-order valence-electron chi connectivity index (χ2n) is 6.74. The summed E-state index contributed by atoms with van der Waals surface area (Å²) in [6, 6.07) is 4.84. The number of nitrogens with zero attached hydrogens (tertiary/aromatic N) is 4. The summed E-state index contributed by atoms with van der Waals surface area (Å²) in [5.41, 5.74) is 0.531. The average molecular weight is 386 g/mol. The lowest BCUT2D eigenvalue weighted by atomic mass is 10.1. The Balaban J connectivity index is 1.22. The van der Waals surface area contributed by atoms with Gasteiger partial charge < -0.3 is 14.8 Å². The van der Waals surface area contributed by atoms with Crippen LogP contribution in [0.2, 0.25) is 0 Å². The van der Waals surface area contributed by atoms with Gasteiger partial charge in [0.15, 0.2) is 11.5 Å². The lowest BCUT2D eigenvalue weighted by Crippen LogP contribution is -2.44. The third kappa shape index (κ3) is 4.39. The van der Waals surface area contributed by atoms with Crippen molar-refractivity contribution in [1.29, 1.82) is 0 Å². The maximum Gasteiger partial charge on any atom is 0.325 e. The van der Waals surface area contributed by atoms with Crippen LogP contribution in [0.15, 0.2) is 30.9 Å². The molecule has 0 aliphatic carbocycles. The molecule has 2 aliphatic rings. The number of nitrogens with one attached hydrogen (secondary N) is 2. The first kappa shape index (κ1) is 18.2. The highest BCUT2D eigenvalue weighted by atomic mass is 16.6. The number of anilines is 1. The molecule has 1 fully saturated rings. The minimum Gasteiger partial charge on any atom is -0.486 e. The molecule has 0 atom stereocenters. The van der Waals surface area contributed by atoms with Crippen LogP contribution in [0.4, 0.5) is 10.5 Å². The van der Waals surface area contributed by atoms with E-state index in [1.54, 1.807) is 24.5 Å². The summed E-state index contributed by atoms with van der Waals surface area (Å²) in [7, 11) is 0. The van der Waals surface area contributed by atoms with Gasteiger partial charge in [-0.3, -0.25) is 15.0 Å². The van der Waals surface area contributed by atoms with Crippen molar-refractivity contribution >= 4 is 17.6 Å². The fourth-order valence-electron chi connectivity index (χ4n) is 3.40. The molecule has 10 nitrogen and oxygen atoms in total. The molecule has 28 heavy (non-hydrogen) atoms. The highest BCUT2D eigenvalue weighted by Crippen LogP contribution is 2.32. The quantitative estimate of drug-likeness (QED) is 0.807. The van der Waals surface area contributed by atoms with E-state index in [0.717, 1.165) is 25.9 Å². The molecule has 2 aromatic rings. The number of ether oxygens (including phenoxy) is 2. The fraction of sp³-hybridized carbons (Fsp3) is 0.444. The van der Waals surface area contributed by atoms with E-state index in [0.29, 0.717) is 36.4 Å². The maximum atomic E-state index is 12.2. The van der Waals surface area contributed by atoms with Crippen molar-refractivity contribution in [2.75, 3.05) is 38.2 Å². The van der Waals surface area contributed by atoms with Gasteiger partial charge in [0.1, 0.15) is 25.9 Å². The van der Waals surface area contributed by atoms with Crippen molar-refractivity contribution < 1.29 is 19.1 Å². The molecule has 0 spiro atoms. The van der Waals surface area contributed by atoms with Crippen molar-refractivity contribution in [3.8, 4) is 11.5 Å². The van der Waals surface area contributed by atoms with E-state index >= 15 is 0 Å². The molecule has 148 valence electrons. The number of rotatable bonds is 4. The molecule has 10 heteroatoms. The summed E-state index contributed by atoms with van der Waals surface area (Å²) in [6.07, 6.45) is 5.02. The van der Waals surface area contributed by atoms with Crippen molar-refractivity contribution in [2.45, 2.75) is 18.9 Å². The van der Waals surface area contributed by atoms with E-state index in [2.05, 4.69) is 20.7 Å². The molecule has 1 aromatic carbocycles. The van der Waals surface area contributed by atoms with Crippen LogP contribution >= 0.6 is 0 Å². The molecule has 0 unspecified atom stereocenters. The van der Waals surface area contributed by atoms with E-state index in [9.17, 15) is 9.59 Å². The second kappa shape index (κ2) is 8.26. The number of carbonyl (C=O) groups is 2. The van der Waals surface area contributed by atoms with Crippen LogP contribution in [0.25, 0.3) is 0 Å². The van der Waals surface area contributed by atoms with E-state index in [-0.39, 0.29) is 12.5 Å². The molecule has 2 aliphatic heterocycles. The molecule has 0 bridgehead atoms. The monoisotopic (exact) mass is 386 g/mol. The van der Waals surface area contributed by atoms with Gasteiger partial charge in [-0.2, -0.15) is 5.10 Å². The number of benzene rings is 1. The van der Waals surface area contributed by atoms with Gasteiger partial charge >= 0.3 is 6.03 Å². The maximum absolute atomic E-state index is 12.2. The number of urea groups is 1. The van der Waals surface area contributed by atoms with Crippen LogP contribution in [0.5, 0.6) is 11.5 Å². The van der Waals surface area contributed by atoms with E-state index in [1.807, 2.05) is 9.58 Å². The number of imide groups is 1. The zero-order valence-electron chi connectivity index (χ0n) is 15.3. The number of amides is 3. The first-order chi connectivity index (χ1) is 13.7. The van der Waals surface area contributed by atoms with Gasteiger partial charge in [0.05, 0.1) is 12.6 Å². The summed E-state index contributed by atoms with van der Waals surface area (Å²) >= 11 is 0. The van der Waals surface area contributed by atoms with Gasteiger partial charge in [0.25, 0.3) is 0 Å². The molecule has 1 saturated heterocycles. The Hall–Kier alpha value is -3.14. The van der Waals surface area contributed by atoms with Crippen LogP contribution in [0.1, 0.15) is 18.9 Å². The van der Waals surface area contributed by atoms with Crippen LogP contribution in [-0.4, -0.2) is 64.5 Å². The van der Waals surface area contributed by atoms with Gasteiger partial charge in [-0.15, -0.1) is 0 Å². The topological polar surface area (TPSA) is 111 Å². The lowest BCUT2D eigenvalue weighted by molar-refractivity contribution is -0.121. The number of hydrogen-bond acceptors (Lipinski definition) is 7. The van der Waals surface area contributed by atoms with Crippen molar-refractivity contribution in [3.05, 3.63) is 30.9 Å². The standard InChI is InChI=1S/C18H22N6O4/c25-17(10-23-5-3-14(4-6-23)24-12-19-11-20-24)22-18(26)21-13-1-2-15-16(9-13)28-8-7-27-15/h1-2,9,11-12,14H,3-8,10H2,(H2,21,22,25,26). The van der Waals surface area contributed by atoms with E-state index in [4.69, 9.17) is 9.47 Å². The molecule has 4 rings (SSSR count). The average Bonchev–Trinajstić information content (AvgIpc) is 3.23. The molecule has 0 radical (unpaired) electrons. The number of hydrogen-bond donors (Lipinski definition) is 2. The van der Waals surface area contributed by atoms with Crippen molar-refractivity contribution in [2.24, 2.45) is 0 Å². The zero-order chi connectivity index (χ0) is 19.3. The number of piperidine rings is 1. The lowest BCUT2D eigenvalue weighted by Gasteiger charge is -2.31. The normalized spacial score (nSPS) is 17.1. The highest BCUT2D eigenvalue weighted by molar-refractivity contribution is 6.01. The second-order valence-corrected chi connectivity index (χ2v) is 6.74. The predicted molar refractivity (Wildman–Crippen MR) is 99.3 cm³/mol. The van der Waals surface area contributed by atoms with Crippen LogP contribution in [0, 0.1) is 0 Å². The number of carbonyl (C=O) groups excluding carboxylic acids is 2. The Labute approximate surface area is 161 Å². The molecular formula is C18H22N6O4. The zero-order valence-corrected chi connectivity index (χ0v) is 15.3. The summed E-state index contributed by atoms with van der Waals surface area (Å²) < 4.78 is 12.8. The third-order valence-electron chi connectivity index (χ3n) is 4.79. The summed E-state index contributed by atoms with van der Waals surface area (Å²) in [5.74, 6) is 0.877. The molecule has 3 amide bonds. The molecule has 3 heterocycles. The summed E-state index contributed by atoms with van der Waals surface area (Å²) in [4.78, 5) is 30.3. The Morgan fingerprint density at radius 2 is 1.93 bits per heavy atom. The molecular weight excluding hydrogens is 364 g/mol. The van der Waals surface area contributed by atoms with Gasteiger partial charge in [0.2, 0.25) is 5.91 Å². The van der Waals surface area contributed by atoms with Crippen molar-refractivity contribution in [1.82, 2.24) is 25.0 Å². The Bertz CT molecular complexity index is 833. The Kier molecular flexibility index (Phi) is 5.38. The highest BCUT2D eigenvalue weighted by Gasteiger charge is 2.23. The van der Waals surface area contributed by atoms with Crippen LogP contribution in [0.3, 0.4) is 0 Å². The van der Waals surface area contributed by atoms with E-state index in [1.165, 1.54) is 6.33 Å². The van der Waals surface area contributed by atoms with Gasteiger partial charge in [-0.25, -0.2) is 14.5 Å². The molecule has 2 N–H and O–H groups in total. The van der Waals surface area contributed by atoms with Gasteiger partial charge in [-0.05, 0) is 25.0 Å². The van der Waals surface area contributed by atoms with Crippen LogP contribution < -0.4 is 20.1 Å². The molecule has 0 saturated carbocycles. The van der Waals surface area contributed by atoms with E-state index < -0.39 is 6.03 Å². The largest absolute Gasteiger partial charge is 0.486 e. The first-order valence-corrected chi connectivity index (χ1v) is 9.24.